The van der Waals surface area contributed by atoms with E-state index in [0.717, 1.165) is 0 Å². The normalized spacial score (nSPS) is 10.1. The number of esters is 1. The van der Waals surface area contributed by atoms with Crippen LogP contribution in [0.25, 0.3) is 0 Å². The number of ketones is 1. The van der Waals surface area contributed by atoms with Crippen LogP contribution in [0.1, 0.15) is 19.8 Å². The van der Waals surface area contributed by atoms with Gasteiger partial charge in [0.25, 0.3) is 0 Å². The Hall–Kier alpha value is -1.65. The number of nitrogens with two attached hydrogens (primary N) is 1. The van der Waals surface area contributed by atoms with E-state index in [1.165, 1.54) is 19.1 Å². The molecule has 0 unspecified atom stereocenters. The topological polar surface area (TPSA) is 86.5 Å². The van der Waals surface area contributed by atoms with E-state index < -0.39 is 11.9 Å². The molecule has 0 aliphatic carbocycles. The standard InChI is InChI=1S/C9H13NO4/c1-7(11)6-9(13)14-5-3-2-4-8(10)12/h2,4H,3,5-6H2,1H3,(H2,10,12). The fourth-order valence-electron chi connectivity index (χ4n) is 0.695. The molecule has 1 amide bonds. The number of carbonyl (C=O) groups is 3. The lowest BCUT2D eigenvalue weighted by molar-refractivity contribution is -0.145. The van der Waals surface area contributed by atoms with Gasteiger partial charge in [0.05, 0.1) is 6.61 Å². The van der Waals surface area contributed by atoms with E-state index in [0.29, 0.717) is 6.42 Å². The van der Waals surface area contributed by atoms with Crippen molar-refractivity contribution in [3.05, 3.63) is 12.2 Å². The Labute approximate surface area is 81.9 Å². The highest BCUT2D eigenvalue weighted by atomic mass is 16.5. The highest BCUT2D eigenvalue weighted by Gasteiger charge is 2.04. The fraction of sp³-hybridized carbons (Fsp3) is 0.444. The zero-order chi connectivity index (χ0) is 11.0. The first-order valence-electron chi connectivity index (χ1n) is 4.13. The molecule has 0 aromatic carbocycles. The van der Waals surface area contributed by atoms with Gasteiger partial charge in [-0.2, -0.15) is 0 Å². The van der Waals surface area contributed by atoms with Crippen LogP contribution in [0.4, 0.5) is 0 Å². The lowest BCUT2D eigenvalue weighted by Gasteiger charge is -1.99. The number of hydrogen-bond acceptors (Lipinski definition) is 4. The van der Waals surface area contributed by atoms with Crippen LogP contribution in [0.5, 0.6) is 0 Å². The predicted octanol–water partition coefficient (Wildman–Crippen LogP) is -0.0597. The summed E-state index contributed by atoms with van der Waals surface area (Å²) in [5.74, 6) is -1.33. The van der Waals surface area contributed by atoms with Crippen molar-refractivity contribution < 1.29 is 19.1 Å². The number of amides is 1. The summed E-state index contributed by atoms with van der Waals surface area (Å²) in [7, 11) is 0. The third-order valence-electron chi connectivity index (χ3n) is 1.22. The van der Waals surface area contributed by atoms with Crippen molar-refractivity contribution in [2.24, 2.45) is 5.73 Å². The summed E-state index contributed by atoms with van der Waals surface area (Å²) in [6.07, 6.45) is 2.90. The van der Waals surface area contributed by atoms with Crippen LogP contribution in [-0.2, 0) is 19.1 Å². The van der Waals surface area contributed by atoms with Gasteiger partial charge in [0.1, 0.15) is 12.2 Å². The second-order valence-corrected chi connectivity index (χ2v) is 2.69. The molecule has 0 rings (SSSR count). The molecule has 0 aliphatic rings. The Bertz CT molecular complexity index is 258. The van der Waals surface area contributed by atoms with Gasteiger partial charge in [-0.3, -0.25) is 14.4 Å². The van der Waals surface area contributed by atoms with E-state index in [4.69, 9.17) is 5.73 Å². The average molecular weight is 199 g/mol. The third-order valence-corrected chi connectivity index (χ3v) is 1.22. The van der Waals surface area contributed by atoms with Crippen LogP contribution in [0.15, 0.2) is 12.2 Å². The van der Waals surface area contributed by atoms with E-state index in [-0.39, 0.29) is 18.8 Å². The van der Waals surface area contributed by atoms with Gasteiger partial charge < -0.3 is 10.5 Å². The maximum absolute atomic E-state index is 10.8. The van der Waals surface area contributed by atoms with Gasteiger partial charge in [-0.25, -0.2) is 0 Å². The molecule has 5 heteroatoms. The Balaban J connectivity index is 3.50. The van der Waals surface area contributed by atoms with Gasteiger partial charge in [0, 0.05) is 6.42 Å². The average Bonchev–Trinajstić information content (AvgIpc) is 2.01. The largest absolute Gasteiger partial charge is 0.465 e. The van der Waals surface area contributed by atoms with Gasteiger partial charge in [-0.15, -0.1) is 0 Å². The Morgan fingerprint density at radius 2 is 2.00 bits per heavy atom. The second-order valence-electron chi connectivity index (χ2n) is 2.69. The van der Waals surface area contributed by atoms with Crippen molar-refractivity contribution >= 4 is 17.7 Å². The van der Waals surface area contributed by atoms with Crippen LogP contribution in [-0.4, -0.2) is 24.3 Å². The van der Waals surface area contributed by atoms with E-state index >= 15 is 0 Å². The molecule has 0 spiro atoms. The van der Waals surface area contributed by atoms with Gasteiger partial charge in [-0.05, 0) is 13.0 Å². The first-order chi connectivity index (χ1) is 6.52. The molecule has 14 heavy (non-hydrogen) atoms. The molecule has 0 fully saturated rings. The molecular weight excluding hydrogens is 186 g/mol. The number of carbonyl (C=O) groups excluding carboxylic acids is 3. The van der Waals surface area contributed by atoms with E-state index in [1.54, 1.807) is 0 Å². The van der Waals surface area contributed by atoms with Crippen molar-refractivity contribution in [1.29, 1.82) is 0 Å². The zero-order valence-corrected chi connectivity index (χ0v) is 7.99. The molecule has 2 N–H and O–H groups in total. The minimum atomic E-state index is -0.551. The van der Waals surface area contributed by atoms with E-state index in [1.807, 2.05) is 0 Å². The van der Waals surface area contributed by atoms with Crippen LogP contribution >= 0.6 is 0 Å². The number of primary amides is 1. The van der Waals surface area contributed by atoms with Crippen molar-refractivity contribution in [2.45, 2.75) is 19.8 Å². The Morgan fingerprint density at radius 1 is 1.36 bits per heavy atom. The molecule has 0 aromatic heterocycles. The van der Waals surface area contributed by atoms with Gasteiger partial charge in [-0.1, -0.05) is 6.08 Å². The van der Waals surface area contributed by atoms with Crippen LogP contribution < -0.4 is 5.73 Å². The minimum absolute atomic E-state index is 0.149. The lowest BCUT2D eigenvalue weighted by atomic mass is 10.3. The molecule has 78 valence electrons. The van der Waals surface area contributed by atoms with Crippen molar-refractivity contribution in [1.82, 2.24) is 0 Å². The first kappa shape index (κ1) is 12.3. The summed E-state index contributed by atoms with van der Waals surface area (Å²) >= 11 is 0. The molecule has 0 aliphatic heterocycles. The summed E-state index contributed by atoms with van der Waals surface area (Å²) < 4.78 is 4.67. The maximum atomic E-state index is 10.8. The molecule has 0 atom stereocenters. The summed E-state index contributed by atoms with van der Waals surface area (Å²) in [5.41, 5.74) is 4.82. The van der Waals surface area contributed by atoms with Gasteiger partial charge in [0.15, 0.2) is 0 Å². The summed E-state index contributed by atoms with van der Waals surface area (Å²) in [6.45, 7) is 1.46. The zero-order valence-electron chi connectivity index (χ0n) is 7.99. The molecule has 5 nitrogen and oxygen atoms in total. The summed E-state index contributed by atoms with van der Waals surface area (Å²) in [5, 5.41) is 0. The molecule has 0 saturated carbocycles. The van der Waals surface area contributed by atoms with Crippen LogP contribution in [0.3, 0.4) is 0 Å². The summed E-state index contributed by atoms with van der Waals surface area (Å²) in [6, 6.07) is 0. The number of Topliss-reactive ketones (excluding diaryl/α,β-unsaturated/α-hetero) is 1. The lowest BCUT2D eigenvalue weighted by Crippen LogP contribution is -2.09. The SMILES string of the molecule is CC(=O)CC(=O)OCCC=CC(N)=O. The third kappa shape index (κ3) is 8.45. The molecule has 0 saturated heterocycles. The molecule has 0 aromatic rings. The van der Waals surface area contributed by atoms with E-state index in [2.05, 4.69) is 4.74 Å². The highest BCUT2D eigenvalue weighted by molar-refractivity contribution is 5.94. The fourth-order valence-corrected chi connectivity index (χ4v) is 0.695. The number of hydrogen-bond donors (Lipinski definition) is 1. The van der Waals surface area contributed by atoms with Crippen molar-refractivity contribution in [3.8, 4) is 0 Å². The first-order valence-corrected chi connectivity index (χ1v) is 4.13. The highest BCUT2D eigenvalue weighted by Crippen LogP contribution is 1.91. The number of rotatable bonds is 6. The van der Waals surface area contributed by atoms with E-state index in [9.17, 15) is 14.4 Å². The van der Waals surface area contributed by atoms with Crippen LogP contribution in [0.2, 0.25) is 0 Å². The van der Waals surface area contributed by atoms with Gasteiger partial charge in [0.2, 0.25) is 5.91 Å². The van der Waals surface area contributed by atoms with Gasteiger partial charge >= 0.3 is 5.97 Å². The second kappa shape index (κ2) is 6.82. The van der Waals surface area contributed by atoms with Crippen molar-refractivity contribution in [3.63, 3.8) is 0 Å². The van der Waals surface area contributed by atoms with Crippen molar-refractivity contribution in [2.75, 3.05) is 6.61 Å². The monoisotopic (exact) mass is 199 g/mol. The smallest absolute Gasteiger partial charge is 0.313 e. The molecule has 0 radical (unpaired) electrons. The quantitative estimate of drug-likeness (QED) is 0.281. The Kier molecular flexibility index (Phi) is 6.02. The molecular formula is C9H13NO4. The molecule has 0 heterocycles. The van der Waals surface area contributed by atoms with Crippen LogP contribution in [0, 0.1) is 0 Å². The predicted molar refractivity (Wildman–Crippen MR) is 49.2 cm³/mol. The summed E-state index contributed by atoms with van der Waals surface area (Å²) in [4.78, 5) is 31.5. The maximum Gasteiger partial charge on any atom is 0.313 e. The Morgan fingerprint density at radius 3 is 2.50 bits per heavy atom. The number of ether oxygens (including phenoxy) is 1. The minimum Gasteiger partial charge on any atom is -0.465 e. The molecule has 0 bridgehead atoms.